The van der Waals surface area contributed by atoms with Crippen molar-refractivity contribution in [1.82, 2.24) is 9.88 Å². The van der Waals surface area contributed by atoms with Crippen molar-refractivity contribution in [1.29, 1.82) is 0 Å². The Hall–Kier alpha value is -3.81. The van der Waals surface area contributed by atoms with E-state index in [2.05, 4.69) is 4.98 Å². The fourth-order valence-corrected chi connectivity index (χ4v) is 3.24. The van der Waals surface area contributed by atoms with Gasteiger partial charge in [-0.15, -0.1) is 0 Å². The highest BCUT2D eigenvalue weighted by Crippen LogP contribution is 2.20. The van der Waals surface area contributed by atoms with Gasteiger partial charge >= 0.3 is 12.1 Å². The molecule has 0 radical (unpaired) electrons. The number of carbonyl (C=O) groups is 2. The molecule has 174 valence electrons. The first-order valence-electron chi connectivity index (χ1n) is 10.8. The second-order valence-electron chi connectivity index (χ2n) is 7.68. The lowest BCUT2D eigenvalue weighted by Gasteiger charge is -2.20. The Kier molecular flexibility index (Phi) is 8.46. The molecule has 1 N–H and O–H groups in total. The summed E-state index contributed by atoms with van der Waals surface area (Å²) in [7, 11) is 1.54. The van der Waals surface area contributed by atoms with Crippen molar-refractivity contribution in [3.05, 3.63) is 66.1 Å². The van der Waals surface area contributed by atoms with Gasteiger partial charge in [0.2, 0.25) is 5.89 Å². The largest absolute Gasteiger partial charge is 0.497 e. The number of ether oxygens (including phenoxy) is 2. The predicted octanol–water partition coefficient (Wildman–Crippen LogP) is 4.96. The normalized spacial score (nSPS) is 10.6. The van der Waals surface area contributed by atoms with Crippen LogP contribution in [0.3, 0.4) is 0 Å². The summed E-state index contributed by atoms with van der Waals surface area (Å²) in [5.74, 6) is 0.466. The Morgan fingerprint density at radius 1 is 1.00 bits per heavy atom. The van der Waals surface area contributed by atoms with Gasteiger partial charge in [0.1, 0.15) is 24.3 Å². The number of methoxy groups -OCH3 is 1. The van der Waals surface area contributed by atoms with E-state index in [9.17, 15) is 9.59 Å². The summed E-state index contributed by atoms with van der Waals surface area (Å²) in [6.07, 6.45) is 4.01. The Balaban J connectivity index is 1.44. The van der Waals surface area contributed by atoms with Gasteiger partial charge in [0.25, 0.3) is 0 Å². The maximum Gasteiger partial charge on any atom is 0.415 e. The lowest BCUT2D eigenvalue weighted by atomic mass is 10.1. The van der Waals surface area contributed by atoms with Crippen LogP contribution in [0, 0.1) is 6.92 Å². The lowest BCUT2D eigenvalue weighted by Crippen LogP contribution is -2.38. The number of aromatic nitrogens is 1. The molecule has 0 aliphatic carbocycles. The van der Waals surface area contributed by atoms with Crippen LogP contribution in [0.4, 0.5) is 4.79 Å². The van der Waals surface area contributed by atoms with E-state index in [1.54, 1.807) is 37.6 Å². The van der Waals surface area contributed by atoms with Crippen LogP contribution in [0.5, 0.6) is 11.5 Å². The molecule has 0 saturated heterocycles. The molecule has 0 atom stereocenters. The Labute approximate surface area is 192 Å². The zero-order valence-corrected chi connectivity index (χ0v) is 18.8. The van der Waals surface area contributed by atoms with E-state index in [4.69, 9.17) is 19.0 Å². The van der Waals surface area contributed by atoms with Gasteiger partial charge in [-0.2, -0.15) is 0 Å². The second-order valence-corrected chi connectivity index (χ2v) is 7.68. The van der Waals surface area contributed by atoms with Crippen LogP contribution in [-0.4, -0.2) is 47.3 Å². The average molecular weight is 453 g/mol. The Bertz CT molecular complexity index is 1040. The Morgan fingerprint density at radius 3 is 2.36 bits per heavy atom. The molecule has 3 rings (SSSR count). The van der Waals surface area contributed by atoms with Gasteiger partial charge < -0.3 is 19.0 Å². The lowest BCUT2D eigenvalue weighted by molar-refractivity contribution is -0.137. The first-order chi connectivity index (χ1) is 15.9. The quantitative estimate of drug-likeness (QED) is 0.410. The number of rotatable bonds is 11. The summed E-state index contributed by atoms with van der Waals surface area (Å²) in [5.41, 5.74) is 2.98. The molecule has 1 aromatic heterocycles. The molecule has 0 spiro atoms. The van der Waals surface area contributed by atoms with Gasteiger partial charge in [0.05, 0.1) is 12.8 Å². The summed E-state index contributed by atoms with van der Waals surface area (Å²) in [6.45, 7) is 1.90. The molecule has 0 saturated carbocycles. The first-order valence-corrected chi connectivity index (χ1v) is 10.8. The maximum absolute atomic E-state index is 12.4. The number of nitrogens with zero attached hydrogens (tertiary/aromatic N) is 2. The van der Waals surface area contributed by atoms with Crippen LogP contribution in [0.25, 0.3) is 11.5 Å². The van der Waals surface area contributed by atoms with Crippen LogP contribution < -0.4 is 9.47 Å². The molecule has 0 aliphatic heterocycles. The van der Waals surface area contributed by atoms with Crippen molar-refractivity contribution in [2.75, 3.05) is 20.2 Å². The summed E-state index contributed by atoms with van der Waals surface area (Å²) in [4.78, 5) is 29.3. The summed E-state index contributed by atoms with van der Waals surface area (Å²) < 4.78 is 16.0. The van der Waals surface area contributed by atoms with E-state index >= 15 is 0 Å². The third kappa shape index (κ3) is 7.38. The molecule has 1 amide bonds. The van der Waals surface area contributed by atoms with Gasteiger partial charge in [0, 0.05) is 12.1 Å². The molecule has 0 unspecified atom stereocenters. The van der Waals surface area contributed by atoms with Crippen LogP contribution >= 0.6 is 0 Å². The van der Waals surface area contributed by atoms with Crippen molar-refractivity contribution < 1.29 is 28.6 Å². The molecule has 3 aromatic rings. The van der Waals surface area contributed by atoms with Gasteiger partial charge in [-0.05, 0) is 62.6 Å². The van der Waals surface area contributed by atoms with Gasteiger partial charge in [0.15, 0.2) is 0 Å². The van der Waals surface area contributed by atoms with Crippen molar-refractivity contribution in [2.24, 2.45) is 0 Å². The number of carboxylic acid groups (broad SMARTS) is 1. The van der Waals surface area contributed by atoms with E-state index in [1.165, 1.54) is 10.5 Å². The second kappa shape index (κ2) is 11.7. The van der Waals surface area contributed by atoms with E-state index < -0.39 is 18.6 Å². The number of hydrogen-bond donors (Lipinski definition) is 1. The molecular formula is C25H28N2O6. The smallest absolute Gasteiger partial charge is 0.415 e. The SMILES string of the molecule is COc1ccc(OC(=O)N(CCCCCc2coc(-c3ccc(C)cc3)n2)CC(=O)O)cc1. The number of benzene rings is 2. The Morgan fingerprint density at radius 2 is 1.70 bits per heavy atom. The van der Waals surface area contributed by atoms with E-state index in [0.29, 0.717) is 23.8 Å². The zero-order valence-electron chi connectivity index (χ0n) is 18.8. The molecule has 1 heterocycles. The third-order valence-electron chi connectivity index (χ3n) is 5.06. The maximum atomic E-state index is 12.4. The van der Waals surface area contributed by atoms with E-state index in [1.807, 2.05) is 31.2 Å². The molecule has 0 fully saturated rings. The number of oxazole rings is 1. The minimum absolute atomic E-state index is 0.286. The van der Waals surface area contributed by atoms with Crippen LogP contribution in [0.15, 0.2) is 59.2 Å². The molecule has 8 nitrogen and oxygen atoms in total. The number of amides is 1. The predicted molar refractivity (Wildman–Crippen MR) is 122 cm³/mol. The van der Waals surface area contributed by atoms with Crippen molar-refractivity contribution in [2.45, 2.75) is 32.6 Å². The zero-order chi connectivity index (χ0) is 23.6. The highest BCUT2D eigenvalue weighted by molar-refractivity contribution is 5.78. The number of unbranched alkanes of at least 4 members (excludes halogenated alkanes) is 2. The van der Waals surface area contributed by atoms with E-state index in [-0.39, 0.29) is 6.54 Å². The topological polar surface area (TPSA) is 102 Å². The number of carboxylic acids is 1. The monoisotopic (exact) mass is 452 g/mol. The summed E-state index contributed by atoms with van der Waals surface area (Å²) >= 11 is 0. The molecule has 0 aliphatic rings. The third-order valence-corrected chi connectivity index (χ3v) is 5.06. The molecule has 0 bridgehead atoms. The molecule has 2 aromatic carbocycles. The summed E-state index contributed by atoms with van der Waals surface area (Å²) in [6, 6.07) is 14.5. The fourth-order valence-electron chi connectivity index (χ4n) is 3.24. The number of carbonyl (C=O) groups excluding carboxylic acids is 1. The van der Waals surface area contributed by atoms with Gasteiger partial charge in [-0.1, -0.05) is 24.1 Å². The number of aliphatic carboxylic acids is 1. The van der Waals surface area contributed by atoms with Crippen LogP contribution in [0.1, 0.15) is 30.5 Å². The van der Waals surface area contributed by atoms with E-state index in [0.717, 1.165) is 30.5 Å². The standard InChI is InChI=1S/C25H28N2O6/c1-18-7-9-19(10-8-18)24-26-20(17-32-24)6-4-3-5-15-27(16-23(28)29)25(30)33-22-13-11-21(31-2)12-14-22/h7-14,17H,3-6,15-16H2,1-2H3,(H,28,29). The van der Waals surface area contributed by atoms with Crippen molar-refractivity contribution >= 4 is 12.1 Å². The number of hydrogen-bond acceptors (Lipinski definition) is 6. The molecule has 33 heavy (non-hydrogen) atoms. The number of aryl methyl sites for hydroxylation is 2. The highest BCUT2D eigenvalue weighted by atomic mass is 16.6. The van der Waals surface area contributed by atoms with Crippen molar-refractivity contribution in [3.8, 4) is 23.0 Å². The minimum atomic E-state index is -1.09. The summed E-state index contributed by atoms with van der Waals surface area (Å²) in [5, 5.41) is 9.15. The van der Waals surface area contributed by atoms with Crippen molar-refractivity contribution in [3.63, 3.8) is 0 Å². The minimum Gasteiger partial charge on any atom is -0.497 e. The average Bonchev–Trinajstić information content (AvgIpc) is 3.27. The van der Waals surface area contributed by atoms with Crippen LogP contribution in [-0.2, 0) is 11.2 Å². The fraction of sp³-hybridized carbons (Fsp3) is 0.320. The van der Waals surface area contributed by atoms with Gasteiger partial charge in [-0.25, -0.2) is 9.78 Å². The first kappa shape index (κ1) is 23.8. The van der Waals surface area contributed by atoms with Gasteiger partial charge in [-0.3, -0.25) is 9.69 Å². The van der Waals surface area contributed by atoms with Crippen LogP contribution in [0.2, 0.25) is 0 Å². The highest BCUT2D eigenvalue weighted by Gasteiger charge is 2.18. The molecule has 8 heteroatoms. The molecular weight excluding hydrogens is 424 g/mol.